The van der Waals surface area contributed by atoms with Crippen LogP contribution in [-0.4, -0.2) is 43.8 Å². The lowest BCUT2D eigenvalue weighted by atomic mass is 9.96. The van der Waals surface area contributed by atoms with Gasteiger partial charge in [0, 0.05) is 41.5 Å². The highest BCUT2D eigenvalue weighted by atomic mass is 35.5. The van der Waals surface area contributed by atoms with Gasteiger partial charge in [0.1, 0.15) is 12.1 Å². The van der Waals surface area contributed by atoms with E-state index < -0.39 is 0 Å². The Labute approximate surface area is 187 Å². The van der Waals surface area contributed by atoms with Crippen molar-refractivity contribution in [1.29, 1.82) is 0 Å². The van der Waals surface area contributed by atoms with Gasteiger partial charge in [0.05, 0.1) is 0 Å². The molecule has 3 aromatic heterocycles. The topological polar surface area (TPSA) is 88.3 Å². The molecule has 0 radical (unpaired) electrons. The molecule has 0 atom stereocenters. The second kappa shape index (κ2) is 8.60. The Bertz CT molecular complexity index is 1220. The van der Waals surface area contributed by atoms with Crippen LogP contribution in [0.2, 0.25) is 5.02 Å². The zero-order valence-corrected chi connectivity index (χ0v) is 18.2. The molecule has 0 unspecified atom stereocenters. The van der Waals surface area contributed by atoms with Crippen LogP contribution in [-0.2, 0) is 11.2 Å². The minimum atomic E-state index is -0.0363. The van der Waals surface area contributed by atoms with Crippen LogP contribution in [0.15, 0.2) is 48.9 Å². The number of fused-ring (bicyclic) bond motifs is 1. The largest absolute Gasteiger partial charge is 0.355 e. The summed E-state index contributed by atoms with van der Waals surface area (Å²) in [5, 5.41) is 16.7. The molecule has 5 rings (SSSR count). The maximum atomic E-state index is 12.8. The molecule has 1 fully saturated rings. The summed E-state index contributed by atoms with van der Waals surface area (Å²) in [5.41, 5.74) is 1.77. The van der Waals surface area contributed by atoms with Crippen molar-refractivity contribution >= 4 is 45.4 Å². The molecule has 8 nitrogen and oxygen atoms in total. The van der Waals surface area contributed by atoms with Crippen LogP contribution in [0.1, 0.15) is 23.3 Å². The summed E-state index contributed by atoms with van der Waals surface area (Å²) in [6.07, 6.45) is 5.64. The minimum absolute atomic E-state index is 0.0283. The molecule has 0 bridgehead atoms. The zero-order chi connectivity index (χ0) is 21.2. The SMILES string of the molecule is O=C(Nc1ncc(Cc2ccccc2Cl)s1)C1CCN(c2ccc3nncn3n2)CC1. The van der Waals surface area contributed by atoms with Crippen LogP contribution < -0.4 is 10.2 Å². The third-order valence-corrected chi connectivity index (χ3v) is 6.73. The van der Waals surface area contributed by atoms with Gasteiger partial charge in [0.2, 0.25) is 5.91 Å². The number of amides is 1. The van der Waals surface area contributed by atoms with Crippen LogP contribution in [0, 0.1) is 5.92 Å². The number of aromatic nitrogens is 5. The normalized spacial score (nSPS) is 14.8. The standard InChI is InChI=1S/C21H20ClN7OS/c22-17-4-2-1-3-15(17)11-16-12-23-21(31-16)25-20(30)14-7-9-28(10-8-14)19-6-5-18-26-24-13-29(18)27-19/h1-6,12-14H,7-11H2,(H,23,25,30). The third kappa shape index (κ3) is 4.38. The van der Waals surface area contributed by atoms with Crippen molar-refractivity contribution in [3.8, 4) is 0 Å². The van der Waals surface area contributed by atoms with Crippen molar-refractivity contribution in [2.24, 2.45) is 5.92 Å². The Morgan fingerprint density at radius 3 is 2.87 bits per heavy atom. The van der Waals surface area contributed by atoms with Gasteiger partial charge in [-0.1, -0.05) is 29.8 Å². The number of hydrogen-bond donors (Lipinski definition) is 1. The van der Waals surface area contributed by atoms with E-state index in [2.05, 4.69) is 30.5 Å². The molecule has 1 saturated heterocycles. The number of piperidine rings is 1. The molecule has 31 heavy (non-hydrogen) atoms. The number of thiazole rings is 1. The fraction of sp³-hybridized carbons (Fsp3) is 0.286. The average molecular weight is 454 g/mol. The first-order valence-corrected chi connectivity index (χ1v) is 11.3. The first-order chi connectivity index (χ1) is 15.2. The average Bonchev–Trinajstić information content (AvgIpc) is 3.44. The molecule has 1 aliphatic rings. The van der Waals surface area contributed by atoms with Crippen molar-refractivity contribution < 1.29 is 4.79 Å². The van der Waals surface area contributed by atoms with E-state index in [-0.39, 0.29) is 11.8 Å². The molecule has 4 heterocycles. The van der Waals surface area contributed by atoms with Gasteiger partial charge in [-0.25, -0.2) is 4.98 Å². The van der Waals surface area contributed by atoms with Crippen LogP contribution in [0.3, 0.4) is 0 Å². The first-order valence-electron chi connectivity index (χ1n) is 10.1. The summed E-state index contributed by atoms with van der Waals surface area (Å²) in [4.78, 5) is 20.4. The maximum absolute atomic E-state index is 12.8. The van der Waals surface area contributed by atoms with Crippen LogP contribution in [0.4, 0.5) is 10.9 Å². The lowest BCUT2D eigenvalue weighted by Gasteiger charge is -2.31. The van der Waals surface area contributed by atoms with E-state index in [1.54, 1.807) is 17.0 Å². The van der Waals surface area contributed by atoms with E-state index in [0.717, 1.165) is 52.9 Å². The van der Waals surface area contributed by atoms with Crippen LogP contribution >= 0.6 is 22.9 Å². The van der Waals surface area contributed by atoms with E-state index in [4.69, 9.17) is 11.6 Å². The van der Waals surface area contributed by atoms with Crippen molar-refractivity contribution in [2.75, 3.05) is 23.3 Å². The molecule has 0 saturated carbocycles. The first kappa shape index (κ1) is 19.9. The smallest absolute Gasteiger partial charge is 0.229 e. The molecule has 10 heteroatoms. The number of benzene rings is 1. The van der Waals surface area contributed by atoms with Crippen LogP contribution in [0.5, 0.6) is 0 Å². The van der Waals surface area contributed by atoms with Gasteiger partial charge in [-0.2, -0.15) is 4.52 Å². The number of carbonyl (C=O) groups is 1. The molecular formula is C21H20ClN7OS. The van der Waals surface area contributed by atoms with Gasteiger partial charge in [-0.15, -0.1) is 26.6 Å². The number of hydrogen-bond acceptors (Lipinski definition) is 7. The molecule has 0 aliphatic carbocycles. The van der Waals surface area contributed by atoms with E-state index in [9.17, 15) is 4.79 Å². The van der Waals surface area contributed by atoms with E-state index >= 15 is 0 Å². The van der Waals surface area contributed by atoms with Gasteiger partial charge >= 0.3 is 0 Å². The summed E-state index contributed by atoms with van der Waals surface area (Å²) in [6.45, 7) is 1.54. The highest BCUT2D eigenvalue weighted by Gasteiger charge is 2.26. The van der Waals surface area contributed by atoms with Crippen LogP contribution in [0.25, 0.3) is 5.65 Å². The van der Waals surface area contributed by atoms with Gasteiger partial charge in [-0.3, -0.25) is 4.79 Å². The lowest BCUT2D eigenvalue weighted by Crippen LogP contribution is -2.38. The Hall–Kier alpha value is -3.04. The third-order valence-electron chi connectivity index (χ3n) is 5.44. The van der Waals surface area contributed by atoms with Gasteiger partial charge in [0.15, 0.2) is 10.8 Å². The molecule has 0 spiro atoms. The second-order valence-corrected chi connectivity index (χ2v) is 9.00. The molecule has 1 N–H and O–H groups in total. The number of rotatable bonds is 5. The second-order valence-electron chi connectivity index (χ2n) is 7.48. The van der Waals surface area contributed by atoms with E-state index in [1.165, 1.54) is 11.3 Å². The number of anilines is 2. The van der Waals surface area contributed by atoms with Crippen molar-refractivity contribution in [1.82, 2.24) is 24.8 Å². The molecule has 4 aromatic rings. The zero-order valence-electron chi connectivity index (χ0n) is 16.6. The predicted octanol–water partition coefficient (Wildman–Crippen LogP) is 3.68. The fourth-order valence-corrected chi connectivity index (χ4v) is 4.78. The molecule has 158 valence electrons. The molecule has 1 aromatic carbocycles. The summed E-state index contributed by atoms with van der Waals surface area (Å²) in [6, 6.07) is 11.6. The lowest BCUT2D eigenvalue weighted by molar-refractivity contribution is -0.120. The van der Waals surface area contributed by atoms with Crippen molar-refractivity contribution in [3.05, 3.63) is 64.4 Å². The minimum Gasteiger partial charge on any atom is -0.355 e. The predicted molar refractivity (Wildman–Crippen MR) is 121 cm³/mol. The number of nitrogens with one attached hydrogen (secondary N) is 1. The monoisotopic (exact) mass is 453 g/mol. The molecular weight excluding hydrogens is 434 g/mol. The fourth-order valence-electron chi connectivity index (χ4n) is 3.74. The maximum Gasteiger partial charge on any atom is 0.229 e. The highest BCUT2D eigenvalue weighted by molar-refractivity contribution is 7.15. The number of nitrogens with zero attached hydrogens (tertiary/aromatic N) is 6. The summed E-state index contributed by atoms with van der Waals surface area (Å²) < 4.78 is 1.66. The Kier molecular flexibility index (Phi) is 5.52. The van der Waals surface area contributed by atoms with E-state index in [1.807, 2.05) is 36.4 Å². The Morgan fingerprint density at radius 2 is 2.03 bits per heavy atom. The summed E-state index contributed by atoms with van der Waals surface area (Å²) in [7, 11) is 0. The van der Waals surface area contributed by atoms with Gasteiger partial charge < -0.3 is 10.2 Å². The quantitative estimate of drug-likeness (QED) is 0.496. The Balaban J connectivity index is 1.16. The Morgan fingerprint density at radius 1 is 1.19 bits per heavy atom. The number of carbonyl (C=O) groups excluding carboxylic acids is 1. The molecule has 1 amide bonds. The van der Waals surface area contributed by atoms with Crippen molar-refractivity contribution in [3.63, 3.8) is 0 Å². The number of halogens is 1. The van der Waals surface area contributed by atoms with Gasteiger partial charge in [-0.05, 0) is 36.6 Å². The van der Waals surface area contributed by atoms with Crippen molar-refractivity contribution in [2.45, 2.75) is 19.3 Å². The summed E-state index contributed by atoms with van der Waals surface area (Å²) >= 11 is 7.74. The highest BCUT2D eigenvalue weighted by Crippen LogP contribution is 2.27. The summed E-state index contributed by atoms with van der Waals surface area (Å²) in [5.74, 6) is 0.863. The molecule has 1 aliphatic heterocycles. The van der Waals surface area contributed by atoms with Gasteiger partial charge in [0.25, 0.3) is 0 Å². The van der Waals surface area contributed by atoms with E-state index in [0.29, 0.717) is 11.6 Å².